The minimum atomic E-state index is 0.598. The van der Waals surface area contributed by atoms with Crippen LogP contribution in [-0.4, -0.2) is 65.2 Å². The number of nitrogen functional groups attached to an aromatic ring is 1. The quantitative estimate of drug-likeness (QED) is 0.576. The van der Waals surface area contributed by atoms with E-state index in [1.807, 2.05) is 0 Å². The van der Waals surface area contributed by atoms with E-state index in [-0.39, 0.29) is 0 Å². The second kappa shape index (κ2) is 6.45. The van der Waals surface area contributed by atoms with Crippen molar-refractivity contribution in [3.63, 3.8) is 0 Å². The molecule has 2 aliphatic rings. The lowest BCUT2D eigenvalue weighted by atomic mass is 10.2. The van der Waals surface area contributed by atoms with E-state index in [4.69, 9.17) is 10.6 Å². The van der Waals surface area contributed by atoms with Gasteiger partial charge in [0.25, 0.3) is 0 Å². The van der Waals surface area contributed by atoms with Crippen LogP contribution >= 0.6 is 0 Å². The topological polar surface area (TPSA) is 79.5 Å². The number of hydrogen-bond acceptors (Lipinski definition) is 7. The molecule has 3 rings (SSSR count). The van der Waals surface area contributed by atoms with Crippen molar-refractivity contribution in [2.45, 2.75) is 19.0 Å². The van der Waals surface area contributed by atoms with E-state index >= 15 is 0 Å². The van der Waals surface area contributed by atoms with Gasteiger partial charge in [0.2, 0.25) is 0 Å². The molecule has 0 saturated carbocycles. The van der Waals surface area contributed by atoms with Crippen molar-refractivity contribution < 1.29 is 4.74 Å². The van der Waals surface area contributed by atoms with Crippen LogP contribution in [0.2, 0.25) is 0 Å². The molecule has 0 bridgehead atoms. The first-order chi connectivity index (χ1) is 9.85. The van der Waals surface area contributed by atoms with Gasteiger partial charge >= 0.3 is 0 Å². The SMILES string of the molecule is NNc1cnc(CN2CCC(N3CCOCC3)C2)cn1. The Morgan fingerprint density at radius 1 is 1.25 bits per heavy atom. The van der Waals surface area contributed by atoms with Crippen molar-refractivity contribution in [2.75, 3.05) is 44.8 Å². The number of likely N-dealkylation sites (tertiary alicyclic amines) is 1. The van der Waals surface area contributed by atoms with E-state index in [2.05, 4.69) is 25.2 Å². The number of rotatable bonds is 4. The number of hydrogen-bond donors (Lipinski definition) is 2. The summed E-state index contributed by atoms with van der Waals surface area (Å²) in [5.41, 5.74) is 3.48. The monoisotopic (exact) mass is 278 g/mol. The van der Waals surface area contributed by atoms with E-state index in [1.165, 1.54) is 6.42 Å². The third-order valence-corrected chi connectivity index (χ3v) is 4.05. The molecule has 0 radical (unpaired) electrons. The van der Waals surface area contributed by atoms with Crippen molar-refractivity contribution in [1.29, 1.82) is 0 Å². The maximum Gasteiger partial charge on any atom is 0.158 e. The highest BCUT2D eigenvalue weighted by atomic mass is 16.5. The number of ether oxygens (including phenoxy) is 1. The number of morpholine rings is 1. The molecule has 110 valence electrons. The van der Waals surface area contributed by atoms with Gasteiger partial charge in [0.05, 0.1) is 31.3 Å². The van der Waals surface area contributed by atoms with Crippen LogP contribution in [0.5, 0.6) is 0 Å². The molecular weight excluding hydrogens is 256 g/mol. The molecule has 2 saturated heterocycles. The van der Waals surface area contributed by atoms with Crippen LogP contribution in [-0.2, 0) is 11.3 Å². The summed E-state index contributed by atoms with van der Waals surface area (Å²) < 4.78 is 5.41. The average molecular weight is 278 g/mol. The van der Waals surface area contributed by atoms with Gasteiger partial charge in [-0.1, -0.05) is 0 Å². The number of aromatic nitrogens is 2. The molecule has 0 spiro atoms. The van der Waals surface area contributed by atoms with E-state index in [1.54, 1.807) is 12.4 Å². The molecule has 2 fully saturated rings. The highest BCUT2D eigenvalue weighted by molar-refractivity contribution is 5.28. The Hall–Kier alpha value is -1.28. The van der Waals surface area contributed by atoms with Gasteiger partial charge in [-0.05, 0) is 6.42 Å². The molecule has 3 heterocycles. The van der Waals surface area contributed by atoms with Gasteiger partial charge in [0, 0.05) is 38.8 Å². The fourth-order valence-corrected chi connectivity index (χ4v) is 2.94. The van der Waals surface area contributed by atoms with Gasteiger partial charge in [0.15, 0.2) is 5.82 Å². The van der Waals surface area contributed by atoms with Gasteiger partial charge in [-0.15, -0.1) is 0 Å². The van der Waals surface area contributed by atoms with Crippen molar-refractivity contribution in [2.24, 2.45) is 5.84 Å². The Kier molecular flexibility index (Phi) is 4.41. The predicted molar refractivity (Wildman–Crippen MR) is 75.9 cm³/mol. The molecule has 20 heavy (non-hydrogen) atoms. The van der Waals surface area contributed by atoms with E-state index in [0.717, 1.165) is 51.6 Å². The smallest absolute Gasteiger partial charge is 0.158 e. The van der Waals surface area contributed by atoms with Gasteiger partial charge < -0.3 is 10.2 Å². The second-order valence-corrected chi connectivity index (χ2v) is 5.36. The number of nitrogens with one attached hydrogen (secondary N) is 1. The Balaban J connectivity index is 1.51. The van der Waals surface area contributed by atoms with Crippen molar-refractivity contribution in [3.8, 4) is 0 Å². The summed E-state index contributed by atoms with van der Waals surface area (Å²) in [6.07, 6.45) is 4.69. The highest BCUT2D eigenvalue weighted by Gasteiger charge is 2.28. The van der Waals surface area contributed by atoms with E-state index in [9.17, 15) is 0 Å². The summed E-state index contributed by atoms with van der Waals surface area (Å²) in [5.74, 6) is 5.88. The Morgan fingerprint density at radius 2 is 2.10 bits per heavy atom. The molecule has 1 aromatic heterocycles. The maximum atomic E-state index is 5.41. The molecule has 0 amide bonds. The maximum absolute atomic E-state index is 5.41. The van der Waals surface area contributed by atoms with Crippen LogP contribution in [0.4, 0.5) is 5.82 Å². The molecule has 3 N–H and O–H groups in total. The Labute approximate surface area is 119 Å². The molecule has 7 nitrogen and oxygen atoms in total. The van der Waals surface area contributed by atoms with Crippen LogP contribution in [0.15, 0.2) is 12.4 Å². The minimum Gasteiger partial charge on any atom is -0.379 e. The predicted octanol–water partition coefficient (Wildman–Crippen LogP) is -0.331. The fourth-order valence-electron chi connectivity index (χ4n) is 2.94. The third-order valence-electron chi connectivity index (χ3n) is 4.05. The van der Waals surface area contributed by atoms with Gasteiger partial charge in [-0.2, -0.15) is 0 Å². The third kappa shape index (κ3) is 3.24. The summed E-state index contributed by atoms with van der Waals surface area (Å²) in [7, 11) is 0. The molecule has 0 aliphatic carbocycles. The van der Waals surface area contributed by atoms with Crippen LogP contribution < -0.4 is 11.3 Å². The van der Waals surface area contributed by atoms with Crippen LogP contribution in [0.1, 0.15) is 12.1 Å². The van der Waals surface area contributed by atoms with Crippen LogP contribution in [0.25, 0.3) is 0 Å². The number of nitrogens with two attached hydrogens (primary N) is 1. The molecule has 1 atom stereocenters. The lowest BCUT2D eigenvalue weighted by Gasteiger charge is -2.32. The molecule has 2 aliphatic heterocycles. The normalized spacial score (nSPS) is 24.9. The van der Waals surface area contributed by atoms with E-state index in [0.29, 0.717) is 11.9 Å². The summed E-state index contributed by atoms with van der Waals surface area (Å²) >= 11 is 0. The van der Waals surface area contributed by atoms with Gasteiger partial charge in [0.1, 0.15) is 0 Å². The Morgan fingerprint density at radius 3 is 2.80 bits per heavy atom. The summed E-state index contributed by atoms with van der Waals surface area (Å²) in [6.45, 7) is 6.97. The first-order valence-electron chi connectivity index (χ1n) is 7.17. The van der Waals surface area contributed by atoms with Crippen molar-refractivity contribution in [3.05, 3.63) is 18.1 Å². The fraction of sp³-hybridized carbons (Fsp3) is 0.692. The first kappa shape index (κ1) is 13.7. The molecule has 1 aromatic rings. The zero-order chi connectivity index (χ0) is 13.8. The van der Waals surface area contributed by atoms with E-state index < -0.39 is 0 Å². The average Bonchev–Trinajstić information content (AvgIpc) is 2.97. The molecule has 1 unspecified atom stereocenters. The standard InChI is InChI=1S/C13H22N6O/c14-17-13-8-15-11(7-16-13)9-18-2-1-12(10-18)19-3-5-20-6-4-19/h7-8,12H,1-6,9-10,14H2,(H,16,17). The second-order valence-electron chi connectivity index (χ2n) is 5.36. The van der Waals surface area contributed by atoms with Crippen LogP contribution in [0, 0.1) is 0 Å². The number of nitrogens with zero attached hydrogens (tertiary/aromatic N) is 4. The zero-order valence-electron chi connectivity index (χ0n) is 11.7. The first-order valence-corrected chi connectivity index (χ1v) is 7.17. The van der Waals surface area contributed by atoms with Gasteiger partial charge in [-0.25, -0.2) is 10.8 Å². The van der Waals surface area contributed by atoms with Crippen LogP contribution in [0.3, 0.4) is 0 Å². The minimum absolute atomic E-state index is 0.598. The zero-order valence-corrected chi connectivity index (χ0v) is 11.7. The number of hydrazine groups is 1. The summed E-state index contributed by atoms with van der Waals surface area (Å²) in [6, 6.07) is 0.664. The van der Waals surface area contributed by atoms with Gasteiger partial charge in [-0.3, -0.25) is 14.8 Å². The molecule has 7 heteroatoms. The molecule has 0 aromatic carbocycles. The highest BCUT2D eigenvalue weighted by Crippen LogP contribution is 2.18. The Bertz CT molecular complexity index is 419. The lowest BCUT2D eigenvalue weighted by Crippen LogP contribution is -2.44. The summed E-state index contributed by atoms with van der Waals surface area (Å²) in [5, 5.41) is 0. The lowest BCUT2D eigenvalue weighted by molar-refractivity contribution is 0.0183. The molecular formula is C13H22N6O. The number of anilines is 1. The van der Waals surface area contributed by atoms with Crippen molar-refractivity contribution in [1.82, 2.24) is 19.8 Å². The largest absolute Gasteiger partial charge is 0.379 e. The van der Waals surface area contributed by atoms with Crippen molar-refractivity contribution >= 4 is 5.82 Å². The summed E-state index contributed by atoms with van der Waals surface area (Å²) in [4.78, 5) is 13.6.